The van der Waals surface area contributed by atoms with Crippen LogP contribution >= 0.6 is 0 Å². The van der Waals surface area contributed by atoms with Crippen LogP contribution in [0.25, 0.3) is 0 Å². The number of aliphatic carboxylic acids is 1. The zero-order valence-corrected chi connectivity index (χ0v) is 10.2. The fraction of sp³-hybridized carbons (Fsp3) is 0.875. The Labute approximate surface area is 95.2 Å². The Hall–Kier alpha value is -0.700. The molecule has 0 heterocycles. The van der Waals surface area contributed by atoms with E-state index in [1.165, 1.54) is 0 Å². The van der Waals surface area contributed by atoms with Crippen LogP contribution in [0.15, 0.2) is 0 Å². The molecule has 0 unspecified atom stereocenters. The maximum absolute atomic E-state index is 11.7. The van der Waals surface area contributed by atoms with E-state index in [0.717, 1.165) is 4.31 Å². The van der Waals surface area contributed by atoms with Gasteiger partial charge >= 0.3 is 5.97 Å². The number of carbonyl (C=O) groups is 1. The number of carboxylic acids is 1. The topological polar surface area (TPSA) is 107 Å². The minimum absolute atomic E-state index is 0.157. The van der Waals surface area contributed by atoms with Gasteiger partial charge in [0.1, 0.15) is 6.04 Å². The second-order valence-corrected chi connectivity index (χ2v) is 4.81. The molecule has 0 aromatic heterocycles. The van der Waals surface area contributed by atoms with E-state index in [0.29, 0.717) is 0 Å². The third kappa shape index (κ3) is 4.44. The van der Waals surface area contributed by atoms with E-state index in [1.807, 2.05) is 4.72 Å². The minimum Gasteiger partial charge on any atom is -0.480 e. The highest BCUT2D eigenvalue weighted by atomic mass is 32.2. The van der Waals surface area contributed by atoms with E-state index in [-0.39, 0.29) is 19.5 Å². The summed E-state index contributed by atoms with van der Waals surface area (Å²) in [5, 5.41) is 17.4. The largest absolute Gasteiger partial charge is 0.480 e. The van der Waals surface area contributed by atoms with Crippen molar-refractivity contribution in [3.05, 3.63) is 0 Å². The lowest BCUT2D eigenvalue weighted by Gasteiger charge is -2.21. The molecule has 7 nitrogen and oxygen atoms in total. The van der Waals surface area contributed by atoms with Crippen molar-refractivity contribution in [3.63, 3.8) is 0 Å². The zero-order valence-electron chi connectivity index (χ0n) is 9.38. The molecule has 96 valence electrons. The highest BCUT2D eigenvalue weighted by molar-refractivity contribution is 7.87. The van der Waals surface area contributed by atoms with Crippen molar-refractivity contribution in [2.45, 2.75) is 26.3 Å². The van der Waals surface area contributed by atoms with Gasteiger partial charge in [-0.25, -0.2) is 0 Å². The van der Waals surface area contributed by atoms with Gasteiger partial charge < -0.3 is 10.2 Å². The SMILES string of the molecule is CCN(CC)S(=O)(=O)N[C@H](CCO)C(=O)O. The Morgan fingerprint density at radius 2 is 1.88 bits per heavy atom. The molecule has 0 aliphatic rings. The summed E-state index contributed by atoms with van der Waals surface area (Å²) in [6.45, 7) is 3.45. The van der Waals surface area contributed by atoms with Gasteiger partial charge in [0.25, 0.3) is 10.2 Å². The number of aliphatic hydroxyl groups excluding tert-OH is 1. The number of nitrogens with zero attached hydrogens (tertiary/aromatic N) is 1. The van der Waals surface area contributed by atoms with Crippen molar-refractivity contribution in [2.75, 3.05) is 19.7 Å². The monoisotopic (exact) mass is 254 g/mol. The maximum atomic E-state index is 11.7. The van der Waals surface area contributed by atoms with Crippen LogP contribution in [0.2, 0.25) is 0 Å². The number of carboxylic acid groups (broad SMARTS) is 1. The normalized spacial score (nSPS) is 14.0. The molecule has 0 saturated heterocycles. The van der Waals surface area contributed by atoms with Gasteiger partial charge in [0.2, 0.25) is 0 Å². The number of aliphatic hydroxyl groups is 1. The molecule has 0 bridgehead atoms. The summed E-state index contributed by atoms with van der Waals surface area (Å²) >= 11 is 0. The fourth-order valence-corrected chi connectivity index (χ4v) is 2.59. The second kappa shape index (κ2) is 6.79. The molecule has 0 rings (SSSR count). The van der Waals surface area contributed by atoms with Gasteiger partial charge in [-0.15, -0.1) is 0 Å². The average molecular weight is 254 g/mol. The molecule has 1 atom stereocenters. The third-order valence-electron chi connectivity index (χ3n) is 2.05. The van der Waals surface area contributed by atoms with Crippen LogP contribution in [0.5, 0.6) is 0 Å². The van der Waals surface area contributed by atoms with Crippen molar-refractivity contribution in [1.29, 1.82) is 0 Å². The maximum Gasteiger partial charge on any atom is 0.321 e. The quantitative estimate of drug-likeness (QED) is 0.515. The molecule has 8 heteroatoms. The molecule has 0 spiro atoms. The highest BCUT2D eigenvalue weighted by Crippen LogP contribution is 2.01. The highest BCUT2D eigenvalue weighted by Gasteiger charge is 2.26. The molecule has 0 aliphatic carbocycles. The van der Waals surface area contributed by atoms with E-state index < -0.39 is 28.8 Å². The van der Waals surface area contributed by atoms with E-state index >= 15 is 0 Å². The average Bonchev–Trinajstić information content (AvgIpc) is 2.18. The first-order chi connectivity index (χ1) is 7.38. The summed E-state index contributed by atoms with van der Waals surface area (Å²) in [6, 6.07) is -1.30. The Kier molecular flexibility index (Phi) is 6.49. The van der Waals surface area contributed by atoms with Crippen molar-refractivity contribution >= 4 is 16.2 Å². The molecular weight excluding hydrogens is 236 g/mol. The summed E-state index contributed by atoms with van der Waals surface area (Å²) in [4.78, 5) is 10.7. The van der Waals surface area contributed by atoms with Crippen LogP contribution in [0.1, 0.15) is 20.3 Å². The number of rotatable bonds is 8. The summed E-state index contributed by atoms with van der Waals surface area (Å²) < 4.78 is 26.5. The van der Waals surface area contributed by atoms with Gasteiger partial charge in [0.15, 0.2) is 0 Å². The molecule has 0 amide bonds. The predicted molar refractivity (Wildman–Crippen MR) is 58.1 cm³/mol. The van der Waals surface area contributed by atoms with Crippen LogP contribution in [0.3, 0.4) is 0 Å². The van der Waals surface area contributed by atoms with Crippen LogP contribution in [-0.2, 0) is 15.0 Å². The molecule has 0 fully saturated rings. The molecule has 0 aromatic rings. The first kappa shape index (κ1) is 15.3. The van der Waals surface area contributed by atoms with E-state index in [4.69, 9.17) is 10.2 Å². The lowest BCUT2D eigenvalue weighted by Crippen LogP contribution is -2.48. The van der Waals surface area contributed by atoms with Gasteiger partial charge in [-0.1, -0.05) is 13.8 Å². The van der Waals surface area contributed by atoms with Gasteiger partial charge in [-0.2, -0.15) is 17.4 Å². The van der Waals surface area contributed by atoms with Gasteiger partial charge in [-0.05, 0) is 6.42 Å². The van der Waals surface area contributed by atoms with Crippen molar-refractivity contribution in [1.82, 2.24) is 9.03 Å². The third-order valence-corrected chi connectivity index (χ3v) is 3.83. The summed E-state index contributed by atoms with van der Waals surface area (Å²) in [7, 11) is -3.80. The first-order valence-corrected chi connectivity index (χ1v) is 6.44. The van der Waals surface area contributed by atoms with Crippen molar-refractivity contribution in [2.24, 2.45) is 0 Å². The van der Waals surface area contributed by atoms with Crippen LogP contribution in [0, 0.1) is 0 Å². The molecular formula is C8H18N2O5S. The lowest BCUT2D eigenvalue weighted by molar-refractivity contribution is -0.139. The lowest BCUT2D eigenvalue weighted by atomic mass is 10.2. The Morgan fingerprint density at radius 3 is 2.19 bits per heavy atom. The minimum atomic E-state index is -3.80. The molecule has 0 aliphatic heterocycles. The van der Waals surface area contributed by atoms with Crippen LogP contribution in [-0.4, -0.2) is 54.6 Å². The molecule has 3 N–H and O–H groups in total. The number of nitrogens with one attached hydrogen (secondary N) is 1. The fourth-order valence-electron chi connectivity index (χ4n) is 1.18. The summed E-state index contributed by atoms with van der Waals surface area (Å²) in [5.41, 5.74) is 0. The zero-order chi connectivity index (χ0) is 12.8. The summed E-state index contributed by atoms with van der Waals surface area (Å²) in [6.07, 6.45) is -0.157. The smallest absolute Gasteiger partial charge is 0.321 e. The van der Waals surface area contributed by atoms with Gasteiger partial charge in [0, 0.05) is 19.7 Å². The molecule has 0 radical (unpaired) electrons. The van der Waals surface area contributed by atoms with Crippen molar-refractivity contribution < 1.29 is 23.4 Å². The van der Waals surface area contributed by atoms with Gasteiger partial charge in [0.05, 0.1) is 0 Å². The molecule has 0 aromatic carbocycles. The number of hydrogen-bond donors (Lipinski definition) is 3. The van der Waals surface area contributed by atoms with Crippen LogP contribution in [0.4, 0.5) is 0 Å². The Morgan fingerprint density at radius 1 is 1.38 bits per heavy atom. The van der Waals surface area contributed by atoms with E-state index in [9.17, 15) is 13.2 Å². The summed E-state index contributed by atoms with van der Waals surface area (Å²) in [5.74, 6) is -1.30. The Balaban J connectivity index is 4.71. The second-order valence-electron chi connectivity index (χ2n) is 3.11. The molecule has 0 saturated carbocycles. The molecule has 16 heavy (non-hydrogen) atoms. The first-order valence-electron chi connectivity index (χ1n) is 5.00. The van der Waals surface area contributed by atoms with Crippen LogP contribution < -0.4 is 4.72 Å². The standard InChI is InChI=1S/C8H18N2O5S/c1-3-10(4-2)16(14,15)9-7(5-6-11)8(12)13/h7,9,11H,3-6H2,1-2H3,(H,12,13)/t7-/m1/s1. The van der Waals surface area contributed by atoms with E-state index in [2.05, 4.69) is 0 Å². The predicted octanol–water partition coefficient (Wildman–Crippen LogP) is -1.00. The van der Waals surface area contributed by atoms with Gasteiger partial charge in [-0.3, -0.25) is 4.79 Å². The Bertz CT molecular complexity index is 312. The van der Waals surface area contributed by atoms with E-state index in [1.54, 1.807) is 13.8 Å². The van der Waals surface area contributed by atoms with Crippen molar-refractivity contribution in [3.8, 4) is 0 Å². The number of hydrogen-bond acceptors (Lipinski definition) is 4.